The van der Waals surface area contributed by atoms with Gasteiger partial charge in [-0.3, -0.25) is 4.79 Å². The Kier molecular flexibility index (Phi) is 6.60. The van der Waals surface area contributed by atoms with Crippen molar-refractivity contribution in [3.63, 3.8) is 0 Å². The van der Waals surface area contributed by atoms with Crippen LogP contribution in [0, 0.1) is 5.82 Å². The molecule has 162 valence electrons. The van der Waals surface area contributed by atoms with Crippen LogP contribution >= 0.6 is 11.6 Å². The number of halogens is 2. The number of nitrogens with zero attached hydrogens (tertiary/aromatic N) is 1. The molecule has 1 aromatic heterocycles. The van der Waals surface area contributed by atoms with Crippen molar-refractivity contribution >= 4 is 40.1 Å². The highest BCUT2D eigenvalue weighted by Gasteiger charge is 2.34. The quantitative estimate of drug-likeness (QED) is 0.508. The van der Waals surface area contributed by atoms with Crippen molar-refractivity contribution in [2.75, 3.05) is 5.32 Å². The highest BCUT2D eigenvalue weighted by Crippen LogP contribution is 2.29. The normalized spacial score (nSPS) is 12.9. The Labute approximate surface area is 182 Å². The first-order chi connectivity index (χ1) is 14.7. The molecule has 3 aromatic rings. The van der Waals surface area contributed by atoms with E-state index in [9.17, 15) is 23.9 Å². The van der Waals surface area contributed by atoms with E-state index < -0.39 is 29.9 Å². The Morgan fingerprint density at radius 3 is 2.52 bits per heavy atom. The van der Waals surface area contributed by atoms with Crippen LogP contribution in [0.2, 0.25) is 5.02 Å². The summed E-state index contributed by atoms with van der Waals surface area (Å²) in [6, 6.07) is 8.02. The van der Waals surface area contributed by atoms with Gasteiger partial charge in [0, 0.05) is 17.3 Å². The molecule has 0 aliphatic rings. The number of benzene rings is 2. The summed E-state index contributed by atoms with van der Waals surface area (Å²) in [5, 5.41) is 13.2. The number of anilines is 1. The van der Waals surface area contributed by atoms with Crippen molar-refractivity contribution in [1.29, 1.82) is 0 Å². The predicted octanol–water partition coefficient (Wildman–Crippen LogP) is 4.78. The fourth-order valence-electron chi connectivity index (χ4n) is 3.57. The fraction of sp³-hybridized carbons (Fsp3) is 0.227. The Bertz CT molecular complexity index is 1200. The van der Waals surface area contributed by atoms with E-state index in [1.54, 1.807) is 38.1 Å². The lowest BCUT2D eigenvalue weighted by molar-refractivity contribution is -0.142. The molecule has 0 bridgehead atoms. The van der Waals surface area contributed by atoms with Gasteiger partial charge < -0.3 is 20.3 Å². The Morgan fingerprint density at radius 2 is 1.90 bits per heavy atom. The van der Waals surface area contributed by atoms with E-state index in [1.807, 2.05) is 0 Å². The zero-order valence-electron chi connectivity index (χ0n) is 16.9. The van der Waals surface area contributed by atoms with E-state index in [-0.39, 0.29) is 22.7 Å². The number of rotatable bonds is 6. The van der Waals surface area contributed by atoms with E-state index >= 15 is 0 Å². The van der Waals surface area contributed by atoms with Gasteiger partial charge in [-0.05, 0) is 48.6 Å². The van der Waals surface area contributed by atoms with Crippen molar-refractivity contribution in [1.82, 2.24) is 9.88 Å². The minimum Gasteiger partial charge on any atom is -0.480 e. The number of hydrogen-bond donors (Lipinski definition) is 3. The first-order valence-electron chi connectivity index (χ1n) is 9.62. The minimum absolute atomic E-state index is 0.151. The van der Waals surface area contributed by atoms with Gasteiger partial charge in [0.1, 0.15) is 11.9 Å². The summed E-state index contributed by atoms with van der Waals surface area (Å²) < 4.78 is 13.5. The van der Waals surface area contributed by atoms with Crippen molar-refractivity contribution in [2.24, 2.45) is 0 Å². The van der Waals surface area contributed by atoms with E-state index in [2.05, 4.69) is 10.3 Å². The molecule has 3 N–H and O–H groups in total. The second kappa shape index (κ2) is 9.18. The summed E-state index contributed by atoms with van der Waals surface area (Å²) in [4.78, 5) is 41.1. The minimum atomic E-state index is -1.17. The van der Waals surface area contributed by atoms with Crippen molar-refractivity contribution in [2.45, 2.75) is 32.4 Å². The number of aromatic amines is 1. The van der Waals surface area contributed by atoms with E-state index in [0.717, 1.165) is 6.07 Å². The number of H-pyrrole nitrogens is 1. The molecule has 2 unspecified atom stereocenters. The van der Waals surface area contributed by atoms with Gasteiger partial charge in [-0.2, -0.15) is 0 Å². The number of amides is 2. The van der Waals surface area contributed by atoms with E-state index in [0.29, 0.717) is 16.3 Å². The topological polar surface area (TPSA) is 102 Å². The smallest absolute Gasteiger partial charge is 0.326 e. The molecule has 9 heteroatoms. The molecule has 0 aliphatic carbocycles. The lowest BCUT2D eigenvalue weighted by atomic mass is 9.99. The fourth-order valence-corrected chi connectivity index (χ4v) is 3.75. The monoisotopic (exact) mass is 445 g/mol. The van der Waals surface area contributed by atoms with Gasteiger partial charge >= 0.3 is 12.0 Å². The van der Waals surface area contributed by atoms with Crippen LogP contribution in [0.4, 0.5) is 14.9 Å². The van der Waals surface area contributed by atoms with Crippen LogP contribution < -0.4 is 10.9 Å². The maximum Gasteiger partial charge on any atom is 0.326 e. The Hall–Kier alpha value is -3.39. The van der Waals surface area contributed by atoms with E-state index in [4.69, 9.17) is 11.6 Å². The number of nitrogens with one attached hydrogen (secondary N) is 2. The summed E-state index contributed by atoms with van der Waals surface area (Å²) in [6.45, 7) is 3.34. The summed E-state index contributed by atoms with van der Waals surface area (Å²) in [5.74, 6) is -1.81. The molecule has 31 heavy (non-hydrogen) atoms. The third-order valence-corrected chi connectivity index (χ3v) is 5.41. The summed E-state index contributed by atoms with van der Waals surface area (Å²) in [5.41, 5.74) is 0.524. The average molecular weight is 446 g/mol. The van der Waals surface area contributed by atoms with Crippen LogP contribution in [0.25, 0.3) is 10.8 Å². The molecule has 0 aliphatic heterocycles. The van der Waals surface area contributed by atoms with Gasteiger partial charge in [0.2, 0.25) is 0 Å². The highest BCUT2D eigenvalue weighted by molar-refractivity contribution is 6.31. The van der Waals surface area contributed by atoms with Crippen LogP contribution in [0.5, 0.6) is 0 Å². The molecule has 3 rings (SSSR count). The number of aliphatic carboxylic acids is 1. The first-order valence-corrected chi connectivity index (χ1v) is 9.99. The largest absolute Gasteiger partial charge is 0.480 e. The van der Waals surface area contributed by atoms with Crippen LogP contribution in [0.1, 0.15) is 31.9 Å². The van der Waals surface area contributed by atoms with Crippen LogP contribution in [-0.4, -0.2) is 33.0 Å². The van der Waals surface area contributed by atoms with Gasteiger partial charge in [0.25, 0.3) is 5.56 Å². The second-order valence-corrected chi connectivity index (χ2v) is 7.43. The number of carbonyl (C=O) groups excluding carboxylic acids is 1. The maximum atomic E-state index is 13.5. The van der Waals surface area contributed by atoms with Crippen molar-refractivity contribution in [3.8, 4) is 0 Å². The van der Waals surface area contributed by atoms with Crippen molar-refractivity contribution in [3.05, 3.63) is 75.4 Å². The molecule has 0 fully saturated rings. The SMILES string of the molecule is CCC(C(=O)O)N(C(=O)Nc1ccc(F)c(Cl)c1)C(C)c1c[nH]c(=O)c2ccccc12. The van der Waals surface area contributed by atoms with Crippen LogP contribution in [0.3, 0.4) is 0 Å². The number of carbonyl (C=O) groups is 2. The number of fused-ring (bicyclic) bond motifs is 1. The Morgan fingerprint density at radius 1 is 1.23 bits per heavy atom. The summed E-state index contributed by atoms with van der Waals surface area (Å²) in [6.07, 6.45) is 1.64. The Balaban J connectivity index is 2.06. The molecular formula is C22H21ClFN3O4. The standard InChI is InChI=1S/C22H21ClFN3O4/c1-3-19(21(29)30)27(22(31)26-13-8-9-18(24)17(23)10-13)12(2)16-11-25-20(28)15-7-5-4-6-14(15)16/h4-12,19H,3H2,1-2H3,(H,25,28)(H,26,31)(H,29,30). The number of urea groups is 1. The van der Waals surface area contributed by atoms with Gasteiger partial charge in [-0.15, -0.1) is 0 Å². The first kappa shape index (κ1) is 22.3. The van der Waals surface area contributed by atoms with Crippen molar-refractivity contribution < 1.29 is 19.1 Å². The number of pyridine rings is 1. The number of carboxylic acid groups (broad SMARTS) is 1. The molecular weight excluding hydrogens is 425 g/mol. The molecule has 2 atom stereocenters. The lowest BCUT2D eigenvalue weighted by Crippen LogP contribution is -2.48. The molecule has 2 amide bonds. The average Bonchev–Trinajstić information content (AvgIpc) is 2.74. The van der Waals surface area contributed by atoms with Crippen LogP contribution in [-0.2, 0) is 4.79 Å². The molecule has 0 saturated carbocycles. The van der Waals surface area contributed by atoms with Gasteiger partial charge in [0.15, 0.2) is 0 Å². The highest BCUT2D eigenvalue weighted by atomic mass is 35.5. The molecule has 0 saturated heterocycles. The van der Waals surface area contributed by atoms with Crippen LogP contribution in [0.15, 0.2) is 53.5 Å². The third kappa shape index (κ3) is 4.54. The summed E-state index contributed by atoms with van der Waals surface area (Å²) >= 11 is 5.79. The predicted molar refractivity (Wildman–Crippen MR) is 117 cm³/mol. The molecule has 0 spiro atoms. The zero-order chi connectivity index (χ0) is 22.7. The second-order valence-electron chi connectivity index (χ2n) is 7.02. The lowest BCUT2D eigenvalue weighted by Gasteiger charge is -2.34. The third-order valence-electron chi connectivity index (χ3n) is 5.12. The van der Waals surface area contributed by atoms with Gasteiger partial charge in [0.05, 0.1) is 11.1 Å². The van der Waals surface area contributed by atoms with E-state index in [1.165, 1.54) is 23.2 Å². The molecule has 2 aromatic carbocycles. The molecule has 0 radical (unpaired) electrons. The summed E-state index contributed by atoms with van der Waals surface area (Å²) in [7, 11) is 0. The zero-order valence-corrected chi connectivity index (χ0v) is 17.6. The van der Waals surface area contributed by atoms with Gasteiger partial charge in [-0.1, -0.05) is 36.7 Å². The van der Waals surface area contributed by atoms with Gasteiger partial charge in [-0.25, -0.2) is 14.0 Å². The molecule has 1 heterocycles. The number of carboxylic acids is 1. The molecule has 7 nitrogen and oxygen atoms in total. The number of hydrogen-bond acceptors (Lipinski definition) is 3. The number of aromatic nitrogens is 1. The maximum absolute atomic E-state index is 13.5.